The zero-order chi connectivity index (χ0) is 8.39. The maximum absolute atomic E-state index is 4.22. The van der Waals surface area contributed by atoms with Crippen molar-refractivity contribution in [3.05, 3.63) is 42.9 Å². The van der Waals surface area contributed by atoms with E-state index >= 15 is 0 Å². The third-order valence-electron chi connectivity index (χ3n) is 1.70. The Hall–Kier alpha value is -0.921. The number of rotatable bonds is 1. The first kappa shape index (κ1) is 10.2. The zero-order valence-corrected chi connectivity index (χ0v) is 9.59. The fourth-order valence-electron chi connectivity index (χ4n) is 1.12. The predicted octanol–water partition coefficient (Wildman–Crippen LogP) is 1.88. The van der Waals surface area contributed by atoms with Crippen LogP contribution in [-0.4, -0.2) is 9.55 Å². The van der Waals surface area contributed by atoms with Gasteiger partial charge in [0.25, 0.3) is 0 Å². The van der Waals surface area contributed by atoms with Crippen molar-refractivity contribution < 1.29 is 20.1 Å². The van der Waals surface area contributed by atoms with Crippen LogP contribution in [0.4, 0.5) is 0 Å². The van der Waals surface area contributed by atoms with E-state index in [9.17, 15) is 0 Å². The van der Waals surface area contributed by atoms with Gasteiger partial charge in [0.1, 0.15) is 0 Å². The minimum absolute atomic E-state index is 0. The van der Waals surface area contributed by atoms with Crippen LogP contribution in [0.3, 0.4) is 0 Å². The Balaban J connectivity index is 0.000000845. The Morgan fingerprint density at radius 3 is 2.69 bits per heavy atom. The molecule has 0 N–H and O–H groups in total. The third kappa shape index (κ3) is 2.27. The molecule has 0 atom stereocenters. The second-order valence-corrected chi connectivity index (χ2v) is 2.67. The second-order valence-electron chi connectivity index (χ2n) is 2.67. The van der Waals surface area contributed by atoms with Gasteiger partial charge in [0.05, 0.1) is 0 Å². The number of aromatic nitrogens is 2. The van der Waals surface area contributed by atoms with Crippen LogP contribution in [-0.2, 0) is 27.2 Å². The molecule has 0 spiro atoms. The van der Waals surface area contributed by atoms with Crippen molar-refractivity contribution in [3.8, 4) is 11.3 Å². The molecule has 0 fully saturated rings. The Bertz CT molecular complexity index is 367. The summed E-state index contributed by atoms with van der Waals surface area (Å²) in [7, 11) is 1.95. The maximum Gasteiger partial charge on any atom is 0.0160 e. The topological polar surface area (TPSA) is 17.8 Å². The van der Waals surface area contributed by atoms with Crippen molar-refractivity contribution in [2.45, 2.75) is 0 Å². The summed E-state index contributed by atoms with van der Waals surface area (Å²) < 4.78 is 1.89. The maximum atomic E-state index is 4.22. The van der Waals surface area contributed by atoms with Crippen LogP contribution >= 0.6 is 0 Å². The van der Waals surface area contributed by atoms with Crippen LogP contribution in [0.5, 0.6) is 0 Å². The van der Waals surface area contributed by atoms with Crippen molar-refractivity contribution in [1.82, 2.24) is 9.55 Å². The standard InChI is InChI=1S/C10H9N2.Ir/c1-12-7-5-9(8-12)10-4-2-3-6-11-10;/h2-7H,1H3;/q-1;. The first-order chi connectivity index (χ1) is 5.86. The van der Waals surface area contributed by atoms with Crippen molar-refractivity contribution in [3.63, 3.8) is 0 Å². The van der Waals surface area contributed by atoms with Gasteiger partial charge in [0, 0.05) is 26.3 Å². The van der Waals surface area contributed by atoms with Crippen LogP contribution in [0.2, 0.25) is 0 Å². The zero-order valence-electron chi connectivity index (χ0n) is 7.19. The molecular weight excluding hydrogens is 340 g/mol. The minimum atomic E-state index is 0. The summed E-state index contributed by atoms with van der Waals surface area (Å²) in [5.41, 5.74) is 2.01. The van der Waals surface area contributed by atoms with Crippen LogP contribution in [0, 0.1) is 6.20 Å². The molecule has 0 bridgehead atoms. The molecule has 0 aliphatic rings. The molecule has 0 amide bonds. The van der Waals surface area contributed by atoms with Crippen LogP contribution < -0.4 is 0 Å². The van der Waals surface area contributed by atoms with Crippen LogP contribution in [0.1, 0.15) is 0 Å². The molecule has 0 aromatic carbocycles. The van der Waals surface area contributed by atoms with E-state index in [0.29, 0.717) is 0 Å². The van der Waals surface area contributed by atoms with E-state index in [2.05, 4.69) is 11.2 Å². The molecule has 0 aliphatic carbocycles. The molecule has 69 valence electrons. The normalized spacial score (nSPS) is 9.31. The van der Waals surface area contributed by atoms with E-state index in [1.54, 1.807) is 6.20 Å². The molecule has 2 aromatic rings. The monoisotopic (exact) mass is 350 g/mol. The van der Waals surface area contributed by atoms with Gasteiger partial charge >= 0.3 is 0 Å². The Kier molecular flexibility index (Phi) is 3.40. The Morgan fingerprint density at radius 1 is 1.31 bits per heavy atom. The fourth-order valence-corrected chi connectivity index (χ4v) is 1.12. The van der Waals surface area contributed by atoms with Crippen molar-refractivity contribution in [2.24, 2.45) is 7.05 Å². The van der Waals surface area contributed by atoms with Crippen LogP contribution in [0.15, 0.2) is 36.7 Å². The van der Waals surface area contributed by atoms with Gasteiger partial charge in [0.2, 0.25) is 0 Å². The molecule has 2 heterocycles. The summed E-state index contributed by atoms with van der Waals surface area (Å²) in [5, 5.41) is 0. The van der Waals surface area contributed by atoms with E-state index in [1.165, 1.54) is 0 Å². The fraction of sp³-hybridized carbons (Fsp3) is 0.100. The van der Waals surface area contributed by atoms with E-state index in [1.807, 2.05) is 42.1 Å². The van der Waals surface area contributed by atoms with Gasteiger partial charge in [-0.2, -0.15) is 6.07 Å². The van der Waals surface area contributed by atoms with E-state index in [4.69, 9.17) is 0 Å². The molecule has 2 rings (SSSR count). The first-order valence-corrected chi connectivity index (χ1v) is 3.82. The van der Waals surface area contributed by atoms with Gasteiger partial charge in [-0.15, -0.1) is 11.8 Å². The molecule has 0 saturated carbocycles. The molecule has 2 aromatic heterocycles. The van der Waals surface area contributed by atoms with Gasteiger partial charge in [0.15, 0.2) is 0 Å². The van der Waals surface area contributed by atoms with E-state index in [0.717, 1.165) is 11.3 Å². The molecule has 0 aliphatic heterocycles. The van der Waals surface area contributed by atoms with E-state index < -0.39 is 0 Å². The third-order valence-corrected chi connectivity index (χ3v) is 1.70. The summed E-state index contributed by atoms with van der Waals surface area (Å²) in [4.78, 5) is 4.22. The molecular formula is C10H9IrN2-. The van der Waals surface area contributed by atoms with Gasteiger partial charge in [-0.25, -0.2) is 0 Å². The quantitative estimate of drug-likeness (QED) is 0.719. The van der Waals surface area contributed by atoms with Gasteiger partial charge in [-0.05, 0) is 18.8 Å². The van der Waals surface area contributed by atoms with E-state index in [-0.39, 0.29) is 20.1 Å². The number of pyridine rings is 1. The molecule has 0 unspecified atom stereocenters. The summed E-state index contributed by atoms with van der Waals surface area (Å²) in [5.74, 6) is 0. The minimum Gasteiger partial charge on any atom is -0.442 e. The van der Waals surface area contributed by atoms with Gasteiger partial charge < -0.3 is 9.55 Å². The van der Waals surface area contributed by atoms with Crippen LogP contribution in [0.25, 0.3) is 11.3 Å². The summed E-state index contributed by atoms with van der Waals surface area (Å²) in [6, 6.07) is 7.86. The smallest absolute Gasteiger partial charge is 0.0160 e. The summed E-state index contributed by atoms with van der Waals surface area (Å²) >= 11 is 0. The van der Waals surface area contributed by atoms with Crippen molar-refractivity contribution in [1.29, 1.82) is 0 Å². The number of hydrogen-bond donors (Lipinski definition) is 0. The Morgan fingerprint density at radius 2 is 2.15 bits per heavy atom. The number of hydrogen-bond acceptors (Lipinski definition) is 1. The average molecular weight is 349 g/mol. The predicted molar refractivity (Wildman–Crippen MR) is 47.5 cm³/mol. The average Bonchev–Trinajstić information content (AvgIpc) is 2.54. The summed E-state index contributed by atoms with van der Waals surface area (Å²) in [6.07, 6.45) is 6.90. The van der Waals surface area contributed by atoms with Crippen molar-refractivity contribution in [2.75, 3.05) is 0 Å². The van der Waals surface area contributed by atoms with Crippen molar-refractivity contribution >= 4 is 0 Å². The second kappa shape index (κ2) is 4.35. The molecule has 2 nitrogen and oxygen atoms in total. The first-order valence-electron chi connectivity index (χ1n) is 3.82. The SMILES string of the molecule is Cn1[c-]c(-c2ccccn2)cc1.[Ir]. The number of aryl methyl sites for hydroxylation is 1. The van der Waals surface area contributed by atoms with Gasteiger partial charge in [-0.1, -0.05) is 18.3 Å². The molecule has 3 heteroatoms. The number of nitrogens with zero attached hydrogens (tertiary/aromatic N) is 2. The largest absolute Gasteiger partial charge is 0.442 e. The Labute approximate surface area is 91.0 Å². The molecule has 1 radical (unpaired) electrons. The summed E-state index contributed by atoms with van der Waals surface area (Å²) in [6.45, 7) is 0. The van der Waals surface area contributed by atoms with Gasteiger partial charge in [-0.3, -0.25) is 0 Å². The molecule has 13 heavy (non-hydrogen) atoms. The molecule has 0 saturated heterocycles.